The lowest BCUT2D eigenvalue weighted by Gasteiger charge is -2.10. The molecule has 0 radical (unpaired) electrons. The number of amides is 1. The first kappa shape index (κ1) is 15.2. The van der Waals surface area contributed by atoms with Crippen molar-refractivity contribution in [3.05, 3.63) is 41.8 Å². The summed E-state index contributed by atoms with van der Waals surface area (Å²) in [5.41, 5.74) is 0.822. The van der Waals surface area contributed by atoms with Gasteiger partial charge in [0, 0.05) is 37.2 Å². The van der Waals surface area contributed by atoms with Gasteiger partial charge in [-0.05, 0) is 11.6 Å². The molecule has 0 fully saturated rings. The molecular formula is C15H20N4O2. The van der Waals surface area contributed by atoms with Crippen LogP contribution in [0.5, 0.6) is 0 Å². The standard InChI is InChI=1S/C15H20N4O2/c1-15(2,3)14-18-13(21-19-14)7-6-12(20)17-10-11-5-4-8-16-9-11/h4-5,8-9H,6-7,10H2,1-3H3,(H,17,20). The third kappa shape index (κ3) is 4.66. The van der Waals surface area contributed by atoms with Crippen LogP contribution in [0.15, 0.2) is 29.0 Å². The van der Waals surface area contributed by atoms with Crippen molar-refractivity contribution in [1.29, 1.82) is 0 Å². The molecule has 1 amide bonds. The molecule has 6 heteroatoms. The minimum absolute atomic E-state index is 0.0469. The first-order valence-corrected chi connectivity index (χ1v) is 6.94. The van der Waals surface area contributed by atoms with Gasteiger partial charge in [-0.15, -0.1) is 0 Å². The lowest BCUT2D eigenvalue weighted by atomic mass is 9.96. The zero-order valence-electron chi connectivity index (χ0n) is 12.6. The molecule has 21 heavy (non-hydrogen) atoms. The van der Waals surface area contributed by atoms with E-state index in [-0.39, 0.29) is 11.3 Å². The van der Waals surface area contributed by atoms with Gasteiger partial charge in [-0.25, -0.2) is 0 Å². The fourth-order valence-electron chi connectivity index (χ4n) is 1.67. The first-order chi connectivity index (χ1) is 9.95. The van der Waals surface area contributed by atoms with Crippen LogP contribution in [0.1, 0.15) is 44.5 Å². The quantitative estimate of drug-likeness (QED) is 0.910. The molecule has 0 aliphatic carbocycles. The van der Waals surface area contributed by atoms with Crippen molar-refractivity contribution in [3.63, 3.8) is 0 Å². The Kier molecular flexibility index (Phi) is 4.67. The number of hydrogen-bond donors (Lipinski definition) is 1. The van der Waals surface area contributed by atoms with E-state index in [0.29, 0.717) is 31.1 Å². The Bertz CT molecular complexity index is 587. The average molecular weight is 288 g/mol. The minimum atomic E-state index is -0.148. The van der Waals surface area contributed by atoms with Gasteiger partial charge in [-0.3, -0.25) is 9.78 Å². The second-order valence-corrected chi connectivity index (χ2v) is 5.90. The zero-order valence-corrected chi connectivity index (χ0v) is 12.6. The van der Waals surface area contributed by atoms with Crippen LogP contribution in [0.4, 0.5) is 0 Å². The second-order valence-electron chi connectivity index (χ2n) is 5.90. The van der Waals surface area contributed by atoms with Crippen LogP contribution in [0.3, 0.4) is 0 Å². The fraction of sp³-hybridized carbons (Fsp3) is 0.467. The first-order valence-electron chi connectivity index (χ1n) is 6.94. The molecule has 2 heterocycles. The zero-order chi connectivity index (χ0) is 15.3. The summed E-state index contributed by atoms with van der Waals surface area (Å²) in [5.74, 6) is 1.11. The van der Waals surface area contributed by atoms with E-state index < -0.39 is 0 Å². The summed E-state index contributed by atoms with van der Waals surface area (Å²) in [4.78, 5) is 20.1. The van der Waals surface area contributed by atoms with E-state index in [0.717, 1.165) is 5.56 Å². The number of carbonyl (C=O) groups is 1. The van der Waals surface area contributed by atoms with Crippen molar-refractivity contribution >= 4 is 5.91 Å². The summed E-state index contributed by atoms with van der Waals surface area (Å²) in [7, 11) is 0. The van der Waals surface area contributed by atoms with Crippen LogP contribution in [0.25, 0.3) is 0 Å². The van der Waals surface area contributed by atoms with E-state index in [2.05, 4.69) is 20.4 Å². The number of hydrogen-bond acceptors (Lipinski definition) is 5. The van der Waals surface area contributed by atoms with Crippen molar-refractivity contribution in [2.75, 3.05) is 0 Å². The number of nitrogens with one attached hydrogen (secondary N) is 1. The molecule has 0 saturated heterocycles. The summed E-state index contributed by atoms with van der Waals surface area (Å²) >= 11 is 0. The molecule has 0 aliphatic heterocycles. The number of carbonyl (C=O) groups excluding carboxylic acids is 1. The summed E-state index contributed by atoms with van der Waals surface area (Å²) in [6.07, 6.45) is 4.20. The van der Waals surface area contributed by atoms with E-state index in [9.17, 15) is 4.79 Å². The third-order valence-corrected chi connectivity index (χ3v) is 2.92. The molecular weight excluding hydrogens is 268 g/mol. The predicted octanol–water partition coefficient (Wildman–Crippen LogP) is 2.01. The highest BCUT2D eigenvalue weighted by molar-refractivity contribution is 5.75. The van der Waals surface area contributed by atoms with Crippen LogP contribution in [0.2, 0.25) is 0 Å². The molecule has 0 atom stereocenters. The highest BCUT2D eigenvalue weighted by Crippen LogP contribution is 2.18. The molecule has 0 spiro atoms. The van der Waals surface area contributed by atoms with Crippen LogP contribution in [0, 0.1) is 0 Å². The maximum absolute atomic E-state index is 11.8. The third-order valence-electron chi connectivity index (χ3n) is 2.92. The van der Waals surface area contributed by atoms with E-state index in [1.54, 1.807) is 12.4 Å². The topological polar surface area (TPSA) is 80.9 Å². The monoisotopic (exact) mass is 288 g/mol. The smallest absolute Gasteiger partial charge is 0.227 e. The van der Waals surface area contributed by atoms with Crippen molar-refractivity contribution in [1.82, 2.24) is 20.4 Å². The van der Waals surface area contributed by atoms with Crippen molar-refractivity contribution in [3.8, 4) is 0 Å². The van der Waals surface area contributed by atoms with Crippen molar-refractivity contribution in [2.45, 2.75) is 45.6 Å². The highest BCUT2D eigenvalue weighted by Gasteiger charge is 2.21. The van der Waals surface area contributed by atoms with Gasteiger partial charge in [0.05, 0.1) is 0 Å². The van der Waals surface area contributed by atoms with Gasteiger partial charge in [0.1, 0.15) is 0 Å². The summed E-state index contributed by atoms with van der Waals surface area (Å²) < 4.78 is 5.15. The van der Waals surface area contributed by atoms with E-state index >= 15 is 0 Å². The summed E-state index contributed by atoms with van der Waals surface area (Å²) in [6.45, 7) is 6.52. The van der Waals surface area contributed by atoms with Gasteiger partial charge < -0.3 is 9.84 Å². The van der Waals surface area contributed by atoms with E-state index in [1.165, 1.54) is 0 Å². The van der Waals surface area contributed by atoms with Gasteiger partial charge >= 0.3 is 0 Å². The fourth-order valence-corrected chi connectivity index (χ4v) is 1.67. The van der Waals surface area contributed by atoms with Crippen molar-refractivity contribution < 1.29 is 9.32 Å². The lowest BCUT2D eigenvalue weighted by Crippen LogP contribution is -2.23. The number of aromatic nitrogens is 3. The largest absolute Gasteiger partial charge is 0.352 e. The molecule has 0 saturated carbocycles. The number of nitrogens with zero attached hydrogens (tertiary/aromatic N) is 3. The average Bonchev–Trinajstić information content (AvgIpc) is 2.93. The van der Waals surface area contributed by atoms with Gasteiger partial charge in [0.15, 0.2) is 5.82 Å². The molecule has 2 rings (SSSR count). The Labute approximate surface area is 124 Å². The number of rotatable bonds is 5. The normalized spacial score (nSPS) is 11.4. The Morgan fingerprint density at radius 1 is 1.38 bits per heavy atom. The molecule has 0 bridgehead atoms. The SMILES string of the molecule is CC(C)(C)c1noc(CCC(=O)NCc2cccnc2)n1. The van der Waals surface area contributed by atoms with Crippen LogP contribution in [-0.2, 0) is 23.2 Å². The molecule has 2 aromatic rings. The molecule has 1 N–H and O–H groups in total. The van der Waals surface area contributed by atoms with E-state index in [1.807, 2.05) is 32.9 Å². The maximum Gasteiger partial charge on any atom is 0.227 e. The molecule has 2 aromatic heterocycles. The Morgan fingerprint density at radius 3 is 2.81 bits per heavy atom. The number of aryl methyl sites for hydroxylation is 1. The predicted molar refractivity (Wildman–Crippen MR) is 77.4 cm³/mol. The van der Waals surface area contributed by atoms with Gasteiger partial charge in [0.2, 0.25) is 11.8 Å². The van der Waals surface area contributed by atoms with Gasteiger partial charge in [-0.1, -0.05) is 32.0 Å². The highest BCUT2D eigenvalue weighted by atomic mass is 16.5. The summed E-state index contributed by atoms with van der Waals surface area (Å²) in [6, 6.07) is 3.76. The minimum Gasteiger partial charge on any atom is -0.352 e. The molecule has 0 aromatic carbocycles. The molecule has 6 nitrogen and oxygen atoms in total. The molecule has 0 unspecified atom stereocenters. The lowest BCUT2D eigenvalue weighted by molar-refractivity contribution is -0.121. The van der Waals surface area contributed by atoms with Crippen LogP contribution in [-0.4, -0.2) is 21.0 Å². The van der Waals surface area contributed by atoms with Gasteiger partial charge in [0.25, 0.3) is 0 Å². The number of pyridine rings is 1. The van der Waals surface area contributed by atoms with E-state index in [4.69, 9.17) is 4.52 Å². The van der Waals surface area contributed by atoms with Crippen LogP contribution < -0.4 is 5.32 Å². The maximum atomic E-state index is 11.8. The molecule has 112 valence electrons. The second kappa shape index (κ2) is 6.47. The van der Waals surface area contributed by atoms with Gasteiger partial charge in [-0.2, -0.15) is 4.98 Å². The van der Waals surface area contributed by atoms with Crippen LogP contribution >= 0.6 is 0 Å². The summed E-state index contributed by atoms with van der Waals surface area (Å²) in [5, 5.41) is 6.77. The van der Waals surface area contributed by atoms with Crippen molar-refractivity contribution in [2.24, 2.45) is 0 Å². The molecule has 0 aliphatic rings. The Balaban J connectivity index is 1.78. The Morgan fingerprint density at radius 2 is 2.19 bits per heavy atom. The Hall–Kier alpha value is -2.24.